The molecule has 2 aliphatic carbocycles. The van der Waals surface area contributed by atoms with Crippen LogP contribution in [0.5, 0.6) is 0 Å². The lowest BCUT2D eigenvalue weighted by Gasteiger charge is -2.43. The minimum atomic E-state index is -0.331. The van der Waals surface area contributed by atoms with Crippen molar-refractivity contribution in [2.45, 2.75) is 31.2 Å². The lowest BCUT2D eigenvalue weighted by Crippen LogP contribution is -2.35. The highest BCUT2D eigenvalue weighted by Gasteiger charge is 2.53. The third-order valence-electron chi connectivity index (χ3n) is 6.53. The molecule has 2 aromatic carbocycles. The Hall–Kier alpha value is -2.29. The minimum absolute atomic E-state index is 0.331. The van der Waals surface area contributed by atoms with Crippen LogP contribution in [0.25, 0.3) is 0 Å². The van der Waals surface area contributed by atoms with Crippen molar-refractivity contribution in [1.82, 2.24) is 0 Å². The second-order valence-electron chi connectivity index (χ2n) is 7.64. The van der Waals surface area contributed by atoms with Crippen LogP contribution < -0.4 is 11.1 Å². The Morgan fingerprint density at radius 1 is 1.04 bits per heavy atom. The summed E-state index contributed by atoms with van der Waals surface area (Å²) >= 11 is 0. The van der Waals surface area contributed by atoms with Gasteiger partial charge >= 0.3 is 0 Å². The van der Waals surface area contributed by atoms with Gasteiger partial charge in [-0.3, -0.25) is 4.79 Å². The summed E-state index contributed by atoms with van der Waals surface area (Å²) in [6.07, 6.45) is 4.01. The van der Waals surface area contributed by atoms with Gasteiger partial charge in [-0.05, 0) is 72.3 Å². The summed E-state index contributed by atoms with van der Waals surface area (Å²) in [5, 5.41) is 3.78. The molecule has 0 aromatic heterocycles. The number of amides is 1. The van der Waals surface area contributed by atoms with Gasteiger partial charge in [-0.1, -0.05) is 30.3 Å². The van der Waals surface area contributed by atoms with Crippen LogP contribution in [0.3, 0.4) is 0 Å². The summed E-state index contributed by atoms with van der Waals surface area (Å²) in [5.41, 5.74) is 10.0. The summed E-state index contributed by atoms with van der Waals surface area (Å²) in [5.74, 6) is 2.41. The van der Waals surface area contributed by atoms with Gasteiger partial charge in [-0.2, -0.15) is 0 Å². The van der Waals surface area contributed by atoms with Crippen LogP contribution in [0.15, 0.2) is 48.5 Å². The Bertz CT molecular complexity index is 801. The predicted octanol–water partition coefficient (Wildman–Crippen LogP) is 4.08. The van der Waals surface area contributed by atoms with Crippen molar-refractivity contribution < 1.29 is 4.79 Å². The number of fused-ring (bicyclic) bond motifs is 7. The van der Waals surface area contributed by atoms with E-state index in [4.69, 9.17) is 5.73 Å². The first kappa shape index (κ1) is 14.1. The van der Waals surface area contributed by atoms with Crippen LogP contribution in [-0.2, 0) is 0 Å². The van der Waals surface area contributed by atoms with E-state index in [1.54, 1.807) is 0 Å². The summed E-state index contributed by atoms with van der Waals surface area (Å²) in [4.78, 5) is 11.6. The zero-order valence-corrected chi connectivity index (χ0v) is 13.6. The van der Waals surface area contributed by atoms with Gasteiger partial charge < -0.3 is 11.1 Å². The van der Waals surface area contributed by atoms with E-state index >= 15 is 0 Å². The average molecular weight is 318 g/mol. The van der Waals surface area contributed by atoms with Crippen LogP contribution in [0, 0.1) is 17.8 Å². The van der Waals surface area contributed by atoms with Gasteiger partial charge in [0, 0.05) is 11.3 Å². The first-order chi connectivity index (χ1) is 11.7. The van der Waals surface area contributed by atoms with Crippen LogP contribution >= 0.6 is 0 Å². The number of nitrogens with two attached hydrogens (primary N) is 1. The normalized spacial score (nSPS) is 32.8. The number of carbonyl (C=O) groups is 1. The third-order valence-corrected chi connectivity index (χ3v) is 6.53. The molecule has 3 heteroatoms. The molecule has 122 valence electrons. The Morgan fingerprint density at radius 2 is 1.83 bits per heavy atom. The van der Waals surface area contributed by atoms with E-state index < -0.39 is 0 Å². The molecule has 0 radical (unpaired) electrons. The van der Waals surface area contributed by atoms with Gasteiger partial charge in [0.05, 0.1) is 6.04 Å². The number of carbonyl (C=O) groups excluding carboxylic acids is 1. The van der Waals surface area contributed by atoms with E-state index in [1.165, 1.54) is 36.1 Å². The predicted molar refractivity (Wildman–Crippen MR) is 94.8 cm³/mol. The van der Waals surface area contributed by atoms with Crippen molar-refractivity contribution in [3.63, 3.8) is 0 Å². The number of hydrogen-bond acceptors (Lipinski definition) is 2. The topological polar surface area (TPSA) is 55.1 Å². The zero-order chi connectivity index (χ0) is 16.3. The third kappa shape index (κ3) is 1.94. The van der Waals surface area contributed by atoms with Crippen LogP contribution in [0.4, 0.5) is 5.69 Å². The minimum Gasteiger partial charge on any atom is -0.378 e. The van der Waals surface area contributed by atoms with Gasteiger partial charge in [0.25, 0.3) is 0 Å². The fraction of sp³-hybridized carbons (Fsp3) is 0.381. The SMILES string of the molecule is NC(=O)c1ccc2c(c1)[C@H]1[C@H]3CC[C@@H](C3)[C@H]1[C@@H](c1ccccc1)N2. The summed E-state index contributed by atoms with van der Waals surface area (Å²) < 4.78 is 0. The van der Waals surface area contributed by atoms with Crippen molar-refractivity contribution in [2.24, 2.45) is 23.5 Å². The Morgan fingerprint density at radius 3 is 2.62 bits per heavy atom. The molecule has 1 heterocycles. The van der Waals surface area contributed by atoms with Gasteiger partial charge in [0.15, 0.2) is 0 Å². The molecule has 0 unspecified atom stereocenters. The van der Waals surface area contributed by atoms with E-state index in [0.717, 1.165) is 11.8 Å². The van der Waals surface area contributed by atoms with E-state index in [9.17, 15) is 4.79 Å². The Balaban J connectivity index is 1.64. The van der Waals surface area contributed by atoms with Gasteiger partial charge in [0.1, 0.15) is 0 Å². The Labute approximate surface area is 142 Å². The smallest absolute Gasteiger partial charge is 0.248 e. The lowest BCUT2D eigenvalue weighted by atomic mass is 9.68. The number of rotatable bonds is 2. The maximum atomic E-state index is 11.6. The molecule has 2 aromatic rings. The summed E-state index contributed by atoms with van der Waals surface area (Å²) in [7, 11) is 0. The second-order valence-corrected chi connectivity index (χ2v) is 7.64. The first-order valence-corrected chi connectivity index (χ1v) is 8.97. The first-order valence-electron chi connectivity index (χ1n) is 8.97. The maximum absolute atomic E-state index is 11.6. The molecule has 2 fully saturated rings. The number of nitrogens with one attached hydrogen (secondary N) is 1. The monoisotopic (exact) mass is 318 g/mol. The van der Waals surface area contributed by atoms with Crippen LogP contribution in [0.2, 0.25) is 0 Å². The van der Waals surface area contributed by atoms with E-state index in [1.807, 2.05) is 18.2 Å². The highest BCUT2D eigenvalue weighted by Crippen LogP contribution is 2.63. The van der Waals surface area contributed by atoms with E-state index in [-0.39, 0.29) is 5.91 Å². The molecule has 5 rings (SSSR count). The highest BCUT2D eigenvalue weighted by atomic mass is 16.1. The van der Waals surface area contributed by atoms with Crippen molar-refractivity contribution in [2.75, 3.05) is 5.32 Å². The van der Waals surface area contributed by atoms with E-state index in [0.29, 0.717) is 23.4 Å². The van der Waals surface area contributed by atoms with Gasteiger partial charge in [0.2, 0.25) is 5.91 Å². The molecule has 0 spiro atoms. The molecule has 3 nitrogen and oxygen atoms in total. The molecular formula is C21H22N2O. The number of primary amides is 1. The van der Waals surface area contributed by atoms with Crippen LogP contribution in [0.1, 0.15) is 52.7 Å². The molecular weight excluding hydrogens is 296 g/mol. The quantitative estimate of drug-likeness (QED) is 0.876. The standard InChI is InChI=1S/C21H22N2O/c22-21(24)15-8-9-17-16(11-15)18-13-6-7-14(10-13)19(18)20(23-17)12-4-2-1-3-5-12/h1-5,8-9,11,13-14,18-20,23H,6-7,10H2,(H2,22,24)/t13-,14-,18+,19+,20+/m0/s1. The fourth-order valence-corrected chi connectivity index (χ4v) is 5.63. The van der Waals surface area contributed by atoms with Gasteiger partial charge in [-0.25, -0.2) is 0 Å². The Kier molecular flexibility index (Phi) is 2.99. The van der Waals surface area contributed by atoms with Crippen molar-refractivity contribution in [3.05, 3.63) is 65.2 Å². The molecule has 1 amide bonds. The van der Waals surface area contributed by atoms with Gasteiger partial charge in [-0.15, -0.1) is 0 Å². The zero-order valence-electron chi connectivity index (χ0n) is 13.6. The highest BCUT2D eigenvalue weighted by molar-refractivity contribution is 5.93. The van der Waals surface area contributed by atoms with E-state index in [2.05, 4.69) is 35.6 Å². The summed E-state index contributed by atoms with van der Waals surface area (Å²) in [6.45, 7) is 0. The number of hydrogen-bond donors (Lipinski definition) is 2. The number of benzene rings is 2. The maximum Gasteiger partial charge on any atom is 0.248 e. The molecule has 5 atom stereocenters. The van der Waals surface area contributed by atoms with Crippen LogP contribution in [-0.4, -0.2) is 5.91 Å². The molecule has 3 N–H and O–H groups in total. The molecule has 0 saturated heterocycles. The molecule has 3 aliphatic rings. The molecule has 2 bridgehead atoms. The molecule has 1 aliphatic heterocycles. The van der Waals surface area contributed by atoms with Crippen molar-refractivity contribution >= 4 is 11.6 Å². The lowest BCUT2D eigenvalue weighted by molar-refractivity contribution is 0.1000. The molecule has 2 saturated carbocycles. The van der Waals surface area contributed by atoms with Crippen molar-refractivity contribution in [1.29, 1.82) is 0 Å². The summed E-state index contributed by atoms with van der Waals surface area (Å²) in [6, 6.07) is 17.1. The largest absolute Gasteiger partial charge is 0.378 e. The number of anilines is 1. The average Bonchev–Trinajstić information content (AvgIpc) is 3.23. The second kappa shape index (κ2) is 5.10. The fourth-order valence-electron chi connectivity index (χ4n) is 5.63. The molecule has 24 heavy (non-hydrogen) atoms. The van der Waals surface area contributed by atoms with Crippen molar-refractivity contribution in [3.8, 4) is 0 Å².